The number of hydrogen-bond donors (Lipinski definition) is 2. The third-order valence-corrected chi connectivity index (χ3v) is 5.51. The summed E-state index contributed by atoms with van der Waals surface area (Å²) in [5.41, 5.74) is 2.24. The summed E-state index contributed by atoms with van der Waals surface area (Å²) in [4.78, 5) is 10.5. The quantitative estimate of drug-likeness (QED) is 0.249. The van der Waals surface area contributed by atoms with Crippen molar-refractivity contribution in [2.45, 2.75) is 54.0 Å². The summed E-state index contributed by atoms with van der Waals surface area (Å²) < 4.78 is 11.4. The number of nitrogens with zero attached hydrogens (tertiary/aromatic N) is 2. The van der Waals surface area contributed by atoms with Crippen LogP contribution in [0.1, 0.15) is 54.9 Å². The molecular formula is C22H35IN4O2S. The van der Waals surface area contributed by atoms with Crippen molar-refractivity contribution in [1.82, 2.24) is 15.6 Å². The van der Waals surface area contributed by atoms with Crippen molar-refractivity contribution < 1.29 is 9.47 Å². The Morgan fingerprint density at radius 1 is 1.13 bits per heavy atom. The minimum Gasteiger partial charge on any atom is -0.490 e. The monoisotopic (exact) mass is 546 g/mol. The number of thiazole rings is 1. The van der Waals surface area contributed by atoms with Gasteiger partial charge in [-0.05, 0) is 59.2 Å². The summed E-state index contributed by atoms with van der Waals surface area (Å²) in [5, 5.41) is 7.93. The van der Waals surface area contributed by atoms with Gasteiger partial charge >= 0.3 is 0 Å². The van der Waals surface area contributed by atoms with E-state index in [0.717, 1.165) is 53.2 Å². The third kappa shape index (κ3) is 7.94. The van der Waals surface area contributed by atoms with Crippen LogP contribution in [0.25, 0.3) is 0 Å². The van der Waals surface area contributed by atoms with Gasteiger partial charge in [-0.1, -0.05) is 6.07 Å². The molecule has 0 saturated heterocycles. The molecule has 0 radical (unpaired) electrons. The van der Waals surface area contributed by atoms with Gasteiger partial charge in [0, 0.05) is 24.4 Å². The molecule has 0 amide bonds. The molecule has 1 atom stereocenters. The molecule has 2 rings (SSSR count). The van der Waals surface area contributed by atoms with Crippen molar-refractivity contribution in [3.05, 3.63) is 39.3 Å². The predicted molar refractivity (Wildman–Crippen MR) is 137 cm³/mol. The lowest BCUT2D eigenvalue weighted by Crippen LogP contribution is -2.38. The topological polar surface area (TPSA) is 67.8 Å². The minimum absolute atomic E-state index is 0. The summed E-state index contributed by atoms with van der Waals surface area (Å²) >= 11 is 1.75. The number of aryl methyl sites for hydroxylation is 2. The van der Waals surface area contributed by atoms with E-state index in [4.69, 9.17) is 14.5 Å². The average molecular weight is 547 g/mol. The standard InChI is InChI=1S/C22H34N4O2S.HI/c1-7-23-22(24-13-12-21-16(5)25-17(6)29-21)26-15(4)18-10-11-19(27-8-2)20(14-18)28-9-3;/h10-11,14-15H,7-9,12-13H2,1-6H3,(H2,23,24,26);1H. The number of benzene rings is 1. The molecule has 0 aliphatic heterocycles. The Morgan fingerprint density at radius 2 is 1.83 bits per heavy atom. The predicted octanol–water partition coefficient (Wildman–Crippen LogP) is 5.03. The van der Waals surface area contributed by atoms with Gasteiger partial charge in [-0.2, -0.15) is 0 Å². The van der Waals surface area contributed by atoms with Gasteiger partial charge < -0.3 is 20.1 Å². The first-order chi connectivity index (χ1) is 14.0. The Labute approximate surface area is 201 Å². The summed E-state index contributed by atoms with van der Waals surface area (Å²) in [6.07, 6.45) is 0.903. The number of hydrogen-bond acceptors (Lipinski definition) is 5. The lowest BCUT2D eigenvalue weighted by atomic mass is 10.1. The molecule has 1 aromatic heterocycles. The normalized spacial score (nSPS) is 12.1. The first kappa shape index (κ1) is 26.5. The minimum atomic E-state index is 0. The summed E-state index contributed by atoms with van der Waals surface area (Å²) in [6, 6.07) is 6.16. The SMILES string of the molecule is CCNC(=NCCc1sc(C)nc1C)NC(C)c1ccc(OCC)c(OCC)c1.I. The van der Waals surface area contributed by atoms with Gasteiger partial charge in [-0.25, -0.2) is 4.98 Å². The molecule has 2 aromatic rings. The number of aromatic nitrogens is 1. The van der Waals surface area contributed by atoms with Crippen molar-refractivity contribution >= 4 is 41.3 Å². The maximum Gasteiger partial charge on any atom is 0.191 e. The van der Waals surface area contributed by atoms with E-state index in [1.54, 1.807) is 11.3 Å². The number of ether oxygens (including phenoxy) is 2. The molecule has 1 unspecified atom stereocenters. The number of halogens is 1. The van der Waals surface area contributed by atoms with Crippen molar-refractivity contribution in [2.75, 3.05) is 26.3 Å². The number of nitrogens with one attached hydrogen (secondary N) is 2. The van der Waals surface area contributed by atoms with Crippen LogP contribution in [0.5, 0.6) is 11.5 Å². The third-order valence-electron chi connectivity index (χ3n) is 4.37. The highest BCUT2D eigenvalue weighted by molar-refractivity contribution is 14.0. The largest absolute Gasteiger partial charge is 0.490 e. The lowest BCUT2D eigenvalue weighted by Gasteiger charge is -2.20. The van der Waals surface area contributed by atoms with Crippen LogP contribution in [0, 0.1) is 13.8 Å². The number of rotatable bonds is 10. The highest BCUT2D eigenvalue weighted by atomic mass is 127. The van der Waals surface area contributed by atoms with E-state index >= 15 is 0 Å². The van der Waals surface area contributed by atoms with Crippen LogP contribution in [0.2, 0.25) is 0 Å². The van der Waals surface area contributed by atoms with Crippen molar-refractivity contribution in [2.24, 2.45) is 4.99 Å². The second-order valence-corrected chi connectivity index (χ2v) is 7.98. The Hall–Kier alpha value is -1.55. The molecule has 0 bridgehead atoms. The molecule has 1 heterocycles. The van der Waals surface area contributed by atoms with Crippen LogP contribution in [-0.4, -0.2) is 37.2 Å². The smallest absolute Gasteiger partial charge is 0.191 e. The Morgan fingerprint density at radius 3 is 2.43 bits per heavy atom. The second kappa shape index (κ2) is 13.7. The summed E-state index contributed by atoms with van der Waals surface area (Å²) in [6.45, 7) is 15.0. The van der Waals surface area contributed by atoms with Crippen molar-refractivity contribution in [1.29, 1.82) is 0 Å². The zero-order valence-electron chi connectivity index (χ0n) is 18.9. The average Bonchev–Trinajstić information content (AvgIpc) is 3.00. The molecule has 0 spiro atoms. The Kier molecular flexibility index (Phi) is 12.1. The van der Waals surface area contributed by atoms with Gasteiger partial charge in [0.15, 0.2) is 17.5 Å². The highest BCUT2D eigenvalue weighted by Gasteiger charge is 2.12. The molecule has 0 aliphatic carbocycles. The van der Waals surface area contributed by atoms with Crippen LogP contribution in [-0.2, 0) is 6.42 Å². The molecule has 0 aliphatic rings. The van der Waals surface area contributed by atoms with Gasteiger partial charge in [-0.15, -0.1) is 35.3 Å². The Balaban J connectivity index is 0.00000450. The fourth-order valence-electron chi connectivity index (χ4n) is 3.02. The molecule has 6 nitrogen and oxygen atoms in total. The maximum absolute atomic E-state index is 5.76. The van der Waals surface area contributed by atoms with E-state index in [0.29, 0.717) is 13.2 Å². The van der Waals surface area contributed by atoms with Crippen molar-refractivity contribution in [3.8, 4) is 11.5 Å². The molecule has 30 heavy (non-hydrogen) atoms. The summed E-state index contributed by atoms with van der Waals surface area (Å²) in [5.74, 6) is 2.37. The molecule has 168 valence electrons. The fourth-order valence-corrected chi connectivity index (χ4v) is 3.95. The first-order valence-corrected chi connectivity index (χ1v) is 11.2. The van der Waals surface area contributed by atoms with Crippen LogP contribution < -0.4 is 20.1 Å². The van der Waals surface area contributed by atoms with E-state index in [1.807, 2.05) is 32.9 Å². The fraction of sp³-hybridized carbons (Fsp3) is 0.545. The van der Waals surface area contributed by atoms with Crippen LogP contribution in [0.15, 0.2) is 23.2 Å². The maximum atomic E-state index is 5.76. The zero-order valence-corrected chi connectivity index (χ0v) is 22.0. The Bertz CT molecular complexity index is 810. The molecule has 0 fully saturated rings. The van der Waals surface area contributed by atoms with Gasteiger partial charge in [0.25, 0.3) is 0 Å². The lowest BCUT2D eigenvalue weighted by molar-refractivity contribution is 0.287. The van der Waals surface area contributed by atoms with Gasteiger partial charge in [0.2, 0.25) is 0 Å². The second-order valence-electron chi connectivity index (χ2n) is 6.69. The van der Waals surface area contributed by atoms with E-state index in [2.05, 4.69) is 42.5 Å². The van der Waals surface area contributed by atoms with Crippen LogP contribution in [0.3, 0.4) is 0 Å². The molecule has 8 heteroatoms. The van der Waals surface area contributed by atoms with E-state index in [-0.39, 0.29) is 30.0 Å². The van der Waals surface area contributed by atoms with E-state index < -0.39 is 0 Å². The molecule has 0 saturated carbocycles. The summed E-state index contributed by atoms with van der Waals surface area (Å²) in [7, 11) is 0. The highest BCUT2D eigenvalue weighted by Crippen LogP contribution is 2.30. The van der Waals surface area contributed by atoms with Crippen LogP contribution in [0.4, 0.5) is 0 Å². The van der Waals surface area contributed by atoms with E-state index in [9.17, 15) is 0 Å². The van der Waals surface area contributed by atoms with Gasteiger partial charge in [0.1, 0.15) is 0 Å². The molecule has 2 N–H and O–H groups in total. The van der Waals surface area contributed by atoms with Crippen LogP contribution >= 0.6 is 35.3 Å². The number of aliphatic imine (C=N–C) groups is 1. The van der Waals surface area contributed by atoms with Gasteiger partial charge in [-0.3, -0.25) is 4.99 Å². The first-order valence-electron chi connectivity index (χ1n) is 10.4. The van der Waals surface area contributed by atoms with Crippen molar-refractivity contribution in [3.63, 3.8) is 0 Å². The van der Waals surface area contributed by atoms with Gasteiger partial charge in [0.05, 0.1) is 30.0 Å². The molecule has 1 aromatic carbocycles. The molecular weight excluding hydrogens is 511 g/mol. The zero-order chi connectivity index (χ0) is 21.2. The van der Waals surface area contributed by atoms with E-state index in [1.165, 1.54) is 4.88 Å². The number of guanidine groups is 1.